The van der Waals surface area contributed by atoms with E-state index in [-0.39, 0.29) is 6.61 Å². The number of aromatic nitrogens is 2. The van der Waals surface area contributed by atoms with Crippen LogP contribution in [0, 0.1) is 13.8 Å². The highest BCUT2D eigenvalue weighted by Crippen LogP contribution is 2.19. The van der Waals surface area contributed by atoms with E-state index in [0.717, 1.165) is 30.2 Å². The first-order valence-electron chi connectivity index (χ1n) is 6.29. The molecule has 0 fully saturated rings. The summed E-state index contributed by atoms with van der Waals surface area (Å²) in [7, 11) is 0. The van der Waals surface area contributed by atoms with Crippen LogP contribution >= 0.6 is 0 Å². The van der Waals surface area contributed by atoms with Gasteiger partial charge in [0.15, 0.2) is 0 Å². The zero-order valence-electron chi connectivity index (χ0n) is 11.6. The molecule has 7 heteroatoms. The summed E-state index contributed by atoms with van der Waals surface area (Å²) in [6, 6.07) is 0. The smallest absolute Gasteiger partial charge is 0.404 e. The van der Waals surface area contributed by atoms with Crippen molar-refractivity contribution < 1.29 is 9.53 Å². The lowest BCUT2D eigenvalue weighted by Gasteiger charge is -2.13. The van der Waals surface area contributed by atoms with Gasteiger partial charge < -0.3 is 21.1 Å². The van der Waals surface area contributed by atoms with Gasteiger partial charge in [0.05, 0.1) is 6.54 Å². The van der Waals surface area contributed by atoms with Crippen LogP contribution in [-0.2, 0) is 4.74 Å². The summed E-state index contributed by atoms with van der Waals surface area (Å²) in [6.45, 7) is 7.39. The summed E-state index contributed by atoms with van der Waals surface area (Å²) in [5.74, 6) is 2.24. The highest BCUT2D eigenvalue weighted by Gasteiger charge is 2.08. The van der Waals surface area contributed by atoms with Crippen LogP contribution in [0.2, 0.25) is 0 Å². The Kier molecular flexibility index (Phi) is 5.84. The molecule has 106 valence electrons. The Morgan fingerprint density at radius 2 is 1.79 bits per heavy atom. The molecular weight excluding hydrogens is 246 g/mol. The number of ether oxygens (including phenoxy) is 1. The van der Waals surface area contributed by atoms with Crippen LogP contribution in [0.15, 0.2) is 0 Å². The van der Waals surface area contributed by atoms with E-state index in [9.17, 15) is 4.79 Å². The van der Waals surface area contributed by atoms with Gasteiger partial charge in [-0.3, -0.25) is 0 Å². The van der Waals surface area contributed by atoms with Gasteiger partial charge in [-0.25, -0.2) is 14.8 Å². The number of carbonyl (C=O) groups excluding carboxylic acids is 1. The van der Waals surface area contributed by atoms with Gasteiger partial charge in [-0.05, 0) is 20.3 Å². The lowest BCUT2D eigenvalue weighted by Crippen LogP contribution is -2.19. The Bertz CT molecular complexity index is 436. The largest absolute Gasteiger partial charge is 0.448 e. The quantitative estimate of drug-likeness (QED) is 0.646. The summed E-state index contributed by atoms with van der Waals surface area (Å²) in [5, 5.41) is 6.36. The lowest BCUT2D eigenvalue weighted by atomic mass is 10.3. The molecule has 0 saturated heterocycles. The Labute approximate surface area is 113 Å². The van der Waals surface area contributed by atoms with E-state index in [0.29, 0.717) is 12.4 Å². The third-order valence-corrected chi connectivity index (χ3v) is 2.44. The van der Waals surface area contributed by atoms with Gasteiger partial charge in [0, 0.05) is 12.1 Å². The monoisotopic (exact) mass is 267 g/mol. The van der Waals surface area contributed by atoms with Crippen molar-refractivity contribution in [2.75, 3.05) is 30.3 Å². The van der Waals surface area contributed by atoms with E-state index >= 15 is 0 Å². The Hall–Kier alpha value is -2.05. The molecule has 1 rings (SSSR count). The number of hydrogen-bond acceptors (Lipinski definition) is 6. The van der Waals surface area contributed by atoms with Gasteiger partial charge >= 0.3 is 6.09 Å². The minimum atomic E-state index is -0.775. The second-order valence-corrected chi connectivity index (χ2v) is 4.11. The van der Waals surface area contributed by atoms with Crippen molar-refractivity contribution in [1.82, 2.24) is 9.97 Å². The Balaban J connectivity index is 2.66. The van der Waals surface area contributed by atoms with Crippen molar-refractivity contribution >= 4 is 17.7 Å². The molecule has 1 aromatic heterocycles. The van der Waals surface area contributed by atoms with E-state index in [4.69, 9.17) is 5.73 Å². The number of amides is 1. The third kappa shape index (κ3) is 4.99. The van der Waals surface area contributed by atoms with Gasteiger partial charge in [-0.15, -0.1) is 0 Å². The number of nitrogens with two attached hydrogens (primary N) is 1. The average molecular weight is 267 g/mol. The van der Waals surface area contributed by atoms with Crippen LogP contribution in [0.3, 0.4) is 0 Å². The maximum atomic E-state index is 10.4. The molecule has 1 amide bonds. The number of hydrogen-bond donors (Lipinski definition) is 3. The van der Waals surface area contributed by atoms with E-state index in [1.165, 1.54) is 0 Å². The van der Waals surface area contributed by atoms with Crippen molar-refractivity contribution in [2.45, 2.75) is 27.2 Å². The molecule has 19 heavy (non-hydrogen) atoms. The fourth-order valence-electron chi connectivity index (χ4n) is 1.54. The second-order valence-electron chi connectivity index (χ2n) is 4.11. The summed E-state index contributed by atoms with van der Waals surface area (Å²) in [6.07, 6.45) is 0.250. The van der Waals surface area contributed by atoms with Gasteiger partial charge in [0.25, 0.3) is 0 Å². The van der Waals surface area contributed by atoms with E-state index in [2.05, 4.69) is 32.3 Å². The van der Waals surface area contributed by atoms with Crippen molar-refractivity contribution in [1.29, 1.82) is 0 Å². The molecule has 0 spiro atoms. The van der Waals surface area contributed by atoms with Crippen LogP contribution in [0.25, 0.3) is 0 Å². The number of anilines is 2. The molecule has 4 N–H and O–H groups in total. The normalized spacial score (nSPS) is 10.1. The maximum Gasteiger partial charge on any atom is 0.404 e. The maximum absolute atomic E-state index is 10.4. The fourth-order valence-corrected chi connectivity index (χ4v) is 1.54. The number of aryl methyl sites for hydroxylation is 1. The summed E-state index contributed by atoms with van der Waals surface area (Å²) in [4.78, 5) is 19.1. The Morgan fingerprint density at radius 3 is 2.32 bits per heavy atom. The van der Waals surface area contributed by atoms with E-state index in [1.807, 2.05) is 13.8 Å². The molecule has 0 radical (unpaired) electrons. The second kappa shape index (κ2) is 7.40. The van der Waals surface area contributed by atoms with Gasteiger partial charge in [-0.2, -0.15) is 0 Å². The zero-order valence-corrected chi connectivity index (χ0v) is 11.6. The predicted octanol–water partition coefficient (Wildman–Crippen LogP) is 1.42. The highest BCUT2D eigenvalue weighted by atomic mass is 16.5. The van der Waals surface area contributed by atoms with Crippen LogP contribution in [-0.4, -0.2) is 35.8 Å². The average Bonchev–Trinajstić information content (AvgIpc) is 2.36. The predicted molar refractivity (Wildman–Crippen MR) is 74.3 cm³/mol. The topological polar surface area (TPSA) is 102 Å². The highest BCUT2D eigenvalue weighted by molar-refractivity contribution is 5.64. The van der Waals surface area contributed by atoms with Gasteiger partial charge in [-0.1, -0.05) is 6.92 Å². The summed E-state index contributed by atoms with van der Waals surface area (Å²) < 4.78 is 4.65. The van der Waals surface area contributed by atoms with Gasteiger partial charge in [0.2, 0.25) is 0 Å². The zero-order chi connectivity index (χ0) is 14.3. The van der Waals surface area contributed by atoms with Crippen LogP contribution < -0.4 is 16.4 Å². The van der Waals surface area contributed by atoms with E-state index < -0.39 is 6.09 Å². The number of carbonyl (C=O) groups is 1. The minimum absolute atomic E-state index is 0.204. The number of rotatable bonds is 7. The molecule has 0 aliphatic heterocycles. The number of nitrogens with zero attached hydrogens (tertiary/aromatic N) is 2. The Morgan fingerprint density at radius 1 is 1.21 bits per heavy atom. The molecule has 0 atom stereocenters. The molecule has 1 heterocycles. The van der Waals surface area contributed by atoms with Crippen molar-refractivity contribution in [3.05, 3.63) is 11.4 Å². The SMILES string of the molecule is CCCNc1nc(C)nc(NCCOC(N)=O)c1C. The first-order valence-corrected chi connectivity index (χ1v) is 6.29. The van der Waals surface area contributed by atoms with E-state index in [1.54, 1.807) is 0 Å². The summed E-state index contributed by atoms with van der Waals surface area (Å²) in [5.41, 5.74) is 5.82. The van der Waals surface area contributed by atoms with Crippen LogP contribution in [0.4, 0.5) is 16.4 Å². The third-order valence-electron chi connectivity index (χ3n) is 2.44. The number of primary amides is 1. The molecule has 1 aromatic rings. The van der Waals surface area contributed by atoms with Crippen molar-refractivity contribution in [3.8, 4) is 0 Å². The standard InChI is InChI=1S/C12H21N5O2/c1-4-5-14-10-8(2)11(17-9(3)16-10)15-6-7-19-12(13)18/h4-7H2,1-3H3,(H2,13,18)(H2,14,15,16,17). The molecule has 0 bridgehead atoms. The fraction of sp³-hybridized carbons (Fsp3) is 0.583. The van der Waals surface area contributed by atoms with Crippen LogP contribution in [0.1, 0.15) is 24.7 Å². The molecule has 0 aliphatic carbocycles. The first kappa shape index (κ1) is 15.0. The molecule has 0 unspecified atom stereocenters. The molecular formula is C12H21N5O2. The summed E-state index contributed by atoms with van der Waals surface area (Å²) >= 11 is 0. The minimum Gasteiger partial charge on any atom is -0.448 e. The molecule has 0 saturated carbocycles. The van der Waals surface area contributed by atoms with Crippen molar-refractivity contribution in [2.24, 2.45) is 5.73 Å². The lowest BCUT2D eigenvalue weighted by molar-refractivity contribution is 0.161. The van der Waals surface area contributed by atoms with Gasteiger partial charge in [0.1, 0.15) is 24.1 Å². The molecule has 0 aromatic carbocycles. The van der Waals surface area contributed by atoms with Crippen molar-refractivity contribution in [3.63, 3.8) is 0 Å². The molecule has 7 nitrogen and oxygen atoms in total. The first-order chi connectivity index (χ1) is 9.04. The van der Waals surface area contributed by atoms with Crippen LogP contribution in [0.5, 0.6) is 0 Å². The number of nitrogens with one attached hydrogen (secondary N) is 2. The molecule has 0 aliphatic rings.